The number of hydrogen-bond donors (Lipinski definition) is 2. The smallest absolute Gasteiger partial charge is 0.387 e. The number of halogens is 2. The van der Waals surface area contributed by atoms with Crippen molar-refractivity contribution in [2.45, 2.75) is 25.1 Å². The van der Waals surface area contributed by atoms with Gasteiger partial charge in [0.1, 0.15) is 11.5 Å². The van der Waals surface area contributed by atoms with Crippen LogP contribution in [-0.4, -0.2) is 24.2 Å². The standard InChI is InChI=1S/C17H17F2NO4/c18-17(19)24-11-5-3-10(4-6-11)14(21)9-20-16(22)13-8-12(13)15-2-1-7-23-15/h1-7,12-14,17,21H,8-9H2,(H,20,22). The van der Waals surface area contributed by atoms with Crippen molar-refractivity contribution in [3.05, 3.63) is 54.0 Å². The van der Waals surface area contributed by atoms with E-state index in [9.17, 15) is 18.7 Å². The Morgan fingerprint density at radius 3 is 2.71 bits per heavy atom. The van der Waals surface area contributed by atoms with Gasteiger partial charge in [0.25, 0.3) is 0 Å². The average molecular weight is 337 g/mol. The first kappa shape index (κ1) is 16.4. The second-order valence-electron chi connectivity index (χ2n) is 5.67. The van der Waals surface area contributed by atoms with Crippen LogP contribution in [0.4, 0.5) is 8.78 Å². The van der Waals surface area contributed by atoms with E-state index in [-0.39, 0.29) is 30.0 Å². The Hall–Kier alpha value is -2.41. The number of amides is 1. The van der Waals surface area contributed by atoms with E-state index in [4.69, 9.17) is 4.42 Å². The Morgan fingerprint density at radius 2 is 2.08 bits per heavy atom. The molecule has 1 saturated carbocycles. The molecule has 1 amide bonds. The molecule has 5 nitrogen and oxygen atoms in total. The second-order valence-corrected chi connectivity index (χ2v) is 5.67. The summed E-state index contributed by atoms with van der Waals surface area (Å²) >= 11 is 0. The summed E-state index contributed by atoms with van der Waals surface area (Å²) in [7, 11) is 0. The van der Waals surface area contributed by atoms with Crippen LogP contribution in [0, 0.1) is 5.92 Å². The minimum Gasteiger partial charge on any atom is -0.469 e. The van der Waals surface area contributed by atoms with Gasteiger partial charge in [0, 0.05) is 18.4 Å². The summed E-state index contributed by atoms with van der Waals surface area (Å²) in [4.78, 5) is 12.1. The quantitative estimate of drug-likeness (QED) is 0.815. The Labute approximate surface area is 137 Å². The fourth-order valence-electron chi connectivity index (χ4n) is 2.62. The number of aliphatic hydroxyl groups is 1. The number of carbonyl (C=O) groups is 1. The molecule has 128 valence electrons. The van der Waals surface area contributed by atoms with Gasteiger partial charge < -0.3 is 19.6 Å². The van der Waals surface area contributed by atoms with Crippen molar-refractivity contribution in [2.24, 2.45) is 5.92 Å². The fraction of sp³-hybridized carbons (Fsp3) is 0.353. The normalized spacial score (nSPS) is 20.7. The number of alkyl halides is 2. The van der Waals surface area contributed by atoms with Crippen LogP contribution in [0.1, 0.15) is 29.8 Å². The molecule has 7 heteroatoms. The molecule has 0 bridgehead atoms. The van der Waals surface area contributed by atoms with Gasteiger partial charge in [0.15, 0.2) is 0 Å². The first-order chi connectivity index (χ1) is 11.5. The lowest BCUT2D eigenvalue weighted by atomic mass is 10.1. The molecule has 1 aromatic heterocycles. The van der Waals surface area contributed by atoms with Crippen LogP contribution in [-0.2, 0) is 4.79 Å². The summed E-state index contributed by atoms with van der Waals surface area (Å²) in [5.74, 6) is 0.649. The predicted octanol–water partition coefficient (Wildman–Crippen LogP) is 2.83. The van der Waals surface area contributed by atoms with Crippen LogP contribution in [0.3, 0.4) is 0 Å². The van der Waals surface area contributed by atoms with Crippen LogP contribution < -0.4 is 10.1 Å². The van der Waals surface area contributed by atoms with Gasteiger partial charge in [-0.25, -0.2) is 0 Å². The van der Waals surface area contributed by atoms with Crippen LogP contribution in [0.5, 0.6) is 5.75 Å². The van der Waals surface area contributed by atoms with E-state index in [0.29, 0.717) is 5.56 Å². The minimum atomic E-state index is -2.89. The minimum absolute atomic E-state index is 0.0178. The first-order valence-electron chi connectivity index (χ1n) is 7.58. The number of aliphatic hydroxyl groups excluding tert-OH is 1. The number of ether oxygens (including phenoxy) is 1. The summed E-state index contributed by atoms with van der Waals surface area (Å²) in [6.45, 7) is -2.84. The van der Waals surface area contributed by atoms with Crippen LogP contribution in [0.15, 0.2) is 47.1 Å². The van der Waals surface area contributed by atoms with E-state index in [0.717, 1.165) is 12.2 Å². The number of carbonyl (C=O) groups excluding carboxylic acids is 1. The highest BCUT2D eigenvalue weighted by Crippen LogP contribution is 2.47. The summed E-state index contributed by atoms with van der Waals surface area (Å²) in [5, 5.41) is 12.8. The number of furan rings is 1. The van der Waals surface area contributed by atoms with Crippen molar-refractivity contribution in [3.8, 4) is 5.75 Å². The maximum atomic E-state index is 12.1. The van der Waals surface area contributed by atoms with E-state index >= 15 is 0 Å². The molecule has 3 rings (SSSR count). The molecule has 24 heavy (non-hydrogen) atoms. The summed E-state index contributed by atoms with van der Waals surface area (Å²) < 4.78 is 33.7. The number of nitrogens with one attached hydrogen (secondary N) is 1. The third kappa shape index (κ3) is 3.91. The largest absolute Gasteiger partial charge is 0.469 e. The molecule has 0 saturated heterocycles. The van der Waals surface area contributed by atoms with E-state index in [1.165, 1.54) is 24.3 Å². The molecule has 1 fully saturated rings. The molecule has 0 radical (unpaired) electrons. The van der Waals surface area contributed by atoms with Crippen LogP contribution >= 0.6 is 0 Å². The maximum Gasteiger partial charge on any atom is 0.387 e. The zero-order valence-electron chi connectivity index (χ0n) is 12.7. The maximum absolute atomic E-state index is 12.1. The first-order valence-corrected chi connectivity index (χ1v) is 7.58. The zero-order valence-corrected chi connectivity index (χ0v) is 12.7. The lowest BCUT2D eigenvalue weighted by Crippen LogP contribution is -2.29. The van der Waals surface area contributed by atoms with Crippen molar-refractivity contribution in [1.29, 1.82) is 0 Å². The molecule has 1 aliphatic carbocycles. The monoisotopic (exact) mass is 337 g/mol. The summed E-state index contributed by atoms with van der Waals surface area (Å²) in [6.07, 6.45) is 1.39. The summed E-state index contributed by atoms with van der Waals surface area (Å²) in [5.41, 5.74) is 0.510. The van der Waals surface area contributed by atoms with Crippen molar-refractivity contribution in [3.63, 3.8) is 0 Å². The van der Waals surface area contributed by atoms with Gasteiger partial charge >= 0.3 is 6.61 Å². The highest BCUT2D eigenvalue weighted by molar-refractivity contribution is 5.82. The number of hydrogen-bond acceptors (Lipinski definition) is 4. The average Bonchev–Trinajstić information content (AvgIpc) is 3.18. The third-order valence-electron chi connectivity index (χ3n) is 4.00. The molecule has 1 aromatic carbocycles. The van der Waals surface area contributed by atoms with E-state index in [1.807, 2.05) is 6.07 Å². The highest BCUT2D eigenvalue weighted by Gasteiger charge is 2.45. The molecule has 0 spiro atoms. The highest BCUT2D eigenvalue weighted by atomic mass is 19.3. The molecule has 1 aliphatic rings. The van der Waals surface area contributed by atoms with Crippen molar-refractivity contribution < 1.29 is 27.8 Å². The Bertz CT molecular complexity index is 672. The van der Waals surface area contributed by atoms with E-state index in [2.05, 4.69) is 10.1 Å². The Kier molecular flexibility index (Phi) is 4.80. The molecular formula is C17H17F2NO4. The molecule has 0 aliphatic heterocycles. The molecule has 3 unspecified atom stereocenters. The zero-order chi connectivity index (χ0) is 17.1. The molecule has 3 atom stereocenters. The van der Waals surface area contributed by atoms with Gasteiger partial charge in [-0.15, -0.1) is 0 Å². The van der Waals surface area contributed by atoms with Gasteiger partial charge in [-0.3, -0.25) is 4.79 Å². The summed E-state index contributed by atoms with van der Waals surface area (Å²) in [6, 6.07) is 9.29. The second kappa shape index (κ2) is 7.00. The Morgan fingerprint density at radius 1 is 1.33 bits per heavy atom. The third-order valence-corrected chi connectivity index (χ3v) is 4.00. The van der Waals surface area contributed by atoms with Gasteiger partial charge in [0.2, 0.25) is 5.91 Å². The molecular weight excluding hydrogens is 320 g/mol. The van der Waals surface area contributed by atoms with Crippen molar-refractivity contribution in [2.75, 3.05) is 6.54 Å². The van der Waals surface area contributed by atoms with Crippen LogP contribution in [0.25, 0.3) is 0 Å². The van der Waals surface area contributed by atoms with Gasteiger partial charge in [0.05, 0.1) is 12.4 Å². The fourth-order valence-corrected chi connectivity index (χ4v) is 2.62. The van der Waals surface area contributed by atoms with Crippen molar-refractivity contribution in [1.82, 2.24) is 5.32 Å². The predicted molar refractivity (Wildman–Crippen MR) is 80.6 cm³/mol. The van der Waals surface area contributed by atoms with E-state index < -0.39 is 12.7 Å². The lowest BCUT2D eigenvalue weighted by Gasteiger charge is -2.13. The molecule has 1 heterocycles. The Balaban J connectivity index is 1.47. The van der Waals surface area contributed by atoms with Crippen LogP contribution in [0.2, 0.25) is 0 Å². The van der Waals surface area contributed by atoms with E-state index in [1.54, 1.807) is 12.3 Å². The van der Waals surface area contributed by atoms with Crippen molar-refractivity contribution >= 4 is 5.91 Å². The topological polar surface area (TPSA) is 71.7 Å². The van der Waals surface area contributed by atoms with Gasteiger partial charge in [-0.2, -0.15) is 8.78 Å². The molecule has 2 N–H and O–H groups in total. The van der Waals surface area contributed by atoms with Gasteiger partial charge in [-0.1, -0.05) is 12.1 Å². The number of benzene rings is 1. The van der Waals surface area contributed by atoms with Gasteiger partial charge in [-0.05, 0) is 36.2 Å². The lowest BCUT2D eigenvalue weighted by molar-refractivity contribution is -0.122. The number of rotatable bonds is 7. The SMILES string of the molecule is O=C(NCC(O)c1ccc(OC(F)F)cc1)C1CC1c1ccco1. The molecule has 2 aromatic rings.